The summed E-state index contributed by atoms with van der Waals surface area (Å²) in [7, 11) is 1.68. The van der Waals surface area contributed by atoms with E-state index in [-0.39, 0.29) is 24.1 Å². The van der Waals surface area contributed by atoms with E-state index in [4.69, 9.17) is 14.2 Å². The fourth-order valence-electron chi connectivity index (χ4n) is 4.27. The Morgan fingerprint density at radius 3 is 2.89 bits per heavy atom. The van der Waals surface area contributed by atoms with Crippen molar-refractivity contribution in [2.24, 2.45) is 0 Å². The normalized spacial score (nSPS) is 24.6. The summed E-state index contributed by atoms with van der Waals surface area (Å²) in [5, 5.41) is 1.90. The third kappa shape index (κ3) is 3.70. The van der Waals surface area contributed by atoms with Crippen molar-refractivity contribution in [2.75, 3.05) is 7.11 Å². The van der Waals surface area contributed by atoms with Crippen molar-refractivity contribution in [3.8, 4) is 11.5 Å². The zero-order chi connectivity index (χ0) is 18.8. The van der Waals surface area contributed by atoms with Gasteiger partial charge in [0.1, 0.15) is 17.1 Å². The summed E-state index contributed by atoms with van der Waals surface area (Å²) in [4.78, 5) is 13.3. The third-order valence-corrected chi connectivity index (χ3v) is 6.57. The van der Waals surface area contributed by atoms with Gasteiger partial charge in [-0.25, -0.2) is 4.79 Å². The number of hydrogen-bond acceptors (Lipinski definition) is 5. The maximum Gasteiger partial charge on any atom is 0.348 e. The Morgan fingerprint density at radius 2 is 2.11 bits per heavy atom. The van der Waals surface area contributed by atoms with Crippen LogP contribution in [0, 0.1) is 0 Å². The Bertz CT molecular complexity index is 799. The van der Waals surface area contributed by atoms with Crippen LogP contribution in [0.4, 0.5) is 0 Å². The Kier molecular flexibility index (Phi) is 5.39. The van der Waals surface area contributed by atoms with Crippen LogP contribution in [-0.4, -0.2) is 25.3 Å². The number of carbonyl (C=O) groups is 1. The fourth-order valence-corrected chi connectivity index (χ4v) is 4.87. The lowest BCUT2D eigenvalue weighted by Crippen LogP contribution is -2.28. The van der Waals surface area contributed by atoms with Crippen molar-refractivity contribution in [2.45, 2.75) is 63.6 Å². The summed E-state index contributed by atoms with van der Waals surface area (Å²) < 4.78 is 18.1. The number of carbonyl (C=O) groups excluding carboxylic acids is 1. The number of benzene rings is 1. The molecule has 5 heteroatoms. The first-order valence-electron chi connectivity index (χ1n) is 9.78. The lowest BCUT2D eigenvalue weighted by molar-refractivity contribution is 0.0146. The zero-order valence-corrected chi connectivity index (χ0v) is 16.7. The molecule has 2 aliphatic rings. The summed E-state index contributed by atoms with van der Waals surface area (Å²) in [6, 6.07) is 7.86. The molecule has 0 radical (unpaired) electrons. The summed E-state index contributed by atoms with van der Waals surface area (Å²) in [6.45, 7) is 2.15. The van der Waals surface area contributed by atoms with E-state index in [2.05, 4.69) is 13.0 Å². The van der Waals surface area contributed by atoms with E-state index in [1.165, 1.54) is 29.7 Å². The van der Waals surface area contributed by atoms with E-state index in [0.29, 0.717) is 4.88 Å². The van der Waals surface area contributed by atoms with Gasteiger partial charge < -0.3 is 14.2 Å². The average Bonchev–Trinajstić information content (AvgIpc) is 3.16. The molecule has 0 fully saturated rings. The van der Waals surface area contributed by atoms with E-state index in [0.717, 1.165) is 42.7 Å². The highest BCUT2D eigenvalue weighted by Gasteiger charge is 2.36. The quantitative estimate of drug-likeness (QED) is 0.667. The third-order valence-electron chi connectivity index (χ3n) is 5.72. The summed E-state index contributed by atoms with van der Waals surface area (Å²) in [5.74, 6) is 1.46. The molecule has 4 bridgehead atoms. The molecule has 0 amide bonds. The zero-order valence-electron chi connectivity index (χ0n) is 15.9. The molecule has 4 nitrogen and oxygen atoms in total. The number of thiophene rings is 1. The van der Waals surface area contributed by atoms with Gasteiger partial charge in [-0.2, -0.15) is 0 Å². The van der Waals surface area contributed by atoms with Crippen molar-refractivity contribution >= 4 is 17.3 Å². The summed E-state index contributed by atoms with van der Waals surface area (Å²) in [6.07, 6.45) is 6.07. The second kappa shape index (κ2) is 7.93. The van der Waals surface area contributed by atoms with Gasteiger partial charge in [0.15, 0.2) is 11.5 Å². The van der Waals surface area contributed by atoms with Gasteiger partial charge in [-0.1, -0.05) is 25.5 Å². The first-order chi connectivity index (χ1) is 13.2. The van der Waals surface area contributed by atoms with Crippen molar-refractivity contribution in [3.05, 3.63) is 45.6 Å². The molecule has 0 aliphatic carbocycles. The molecule has 144 valence electrons. The van der Waals surface area contributed by atoms with Crippen LogP contribution in [0.1, 0.15) is 65.7 Å². The summed E-state index contributed by atoms with van der Waals surface area (Å²) in [5.41, 5.74) is 2.45. The number of fused-ring (bicyclic) bond motifs is 1. The van der Waals surface area contributed by atoms with Crippen molar-refractivity contribution in [3.63, 3.8) is 0 Å². The highest BCUT2D eigenvalue weighted by molar-refractivity contribution is 7.11. The first kappa shape index (κ1) is 18.4. The molecule has 0 saturated carbocycles. The SMILES string of the molecule is COc1ccc2c3c1OC(CCCCC2)C[C@@H](OC(=O)c1cccs1)[C@@H]3C. The standard InChI is InChI=1S/C22H26O4S/c1-14-18(26-22(23)19-9-6-12-27-19)13-16-8-5-3-4-7-15-10-11-17(24-2)21(25-16)20(14)15/h6,9-12,14,16,18H,3-5,7-8,13H2,1-2H3/t14-,16?,18+/m0/s1. The van der Waals surface area contributed by atoms with E-state index < -0.39 is 0 Å². The number of ether oxygens (including phenoxy) is 3. The van der Waals surface area contributed by atoms with Crippen molar-refractivity contribution < 1.29 is 19.0 Å². The molecule has 3 heterocycles. The highest BCUT2D eigenvalue weighted by Crippen LogP contribution is 2.45. The van der Waals surface area contributed by atoms with Gasteiger partial charge in [-0.15, -0.1) is 11.3 Å². The van der Waals surface area contributed by atoms with Crippen molar-refractivity contribution in [1.29, 1.82) is 0 Å². The topological polar surface area (TPSA) is 44.8 Å². The van der Waals surface area contributed by atoms with Crippen molar-refractivity contribution in [1.82, 2.24) is 0 Å². The van der Waals surface area contributed by atoms with Crippen LogP contribution in [0.2, 0.25) is 0 Å². The van der Waals surface area contributed by atoms with E-state index in [1.54, 1.807) is 7.11 Å². The van der Waals surface area contributed by atoms with Crippen LogP contribution in [0.3, 0.4) is 0 Å². The van der Waals surface area contributed by atoms with Crippen LogP contribution in [0.25, 0.3) is 0 Å². The van der Waals surface area contributed by atoms with Crippen LogP contribution >= 0.6 is 11.3 Å². The molecule has 1 aromatic carbocycles. The molecule has 2 aromatic rings. The molecule has 0 spiro atoms. The Balaban J connectivity index is 1.73. The maximum absolute atomic E-state index is 12.6. The largest absolute Gasteiger partial charge is 0.493 e. The van der Waals surface area contributed by atoms with E-state index in [9.17, 15) is 4.79 Å². The number of aryl methyl sites for hydroxylation is 1. The molecule has 1 aromatic heterocycles. The molecular weight excluding hydrogens is 360 g/mol. The van der Waals surface area contributed by atoms with Gasteiger partial charge >= 0.3 is 5.97 Å². The number of esters is 1. The molecule has 4 rings (SSSR count). The molecule has 3 atom stereocenters. The van der Waals surface area contributed by atoms with Gasteiger partial charge in [0.05, 0.1) is 7.11 Å². The molecule has 0 N–H and O–H groups in total. The Labute approximate surface area is 164 Å². The maximum atomic E-state index is 12.6. The average molecular weight is 387 g/mol. The molecular formula is C22H26O4S. The van der Waals surface area contributed by atoms with Crippen LogP contribution < -0.4 is 9.47 Å². The summed E-state index contributed by atoms with van der Waals surface area (Å²) >= 11 is 1.42. The van der Waals surface area contributed by atoms with Gasteiger partial charge in [0.2, 0.25) is 0 Å². The molecule has 27 heavy (non-hydrogen) atoms. The van der Waals surface area contributed by atoms with Crippen LogP contribution in [0.5, 0.6) is 11.5 Å². The minimum atomic E-state index is -0.233. The Hall–Kier alpha value is -2.01. The lowest BCUT2D eigenvalue weighted by atomic mass is 9.87. The second-order valence-corrected chi connectivity index (χ2v) is 8.40. The Morgan fingerprint density at radius 1 is 1.22 bits per heavy atom. The van der Waals surface area contributed by atoms with E-state index >= 15 is 0 Å². The predicted molar refractivity (Wildman–Crippen MR) is 106 cm³/mol. The van der Waals surface area contributed by atoms with Gasteiger partial charge in [0.25, 0.3) is 0 Å². The van der Waals surface area contributed by atoms with E-state index in [1.807, 2.05) is 23.6 Å². The predicted octanol–water partition coefficient (Wildman–Crippen LogP) is 5.35. The number of methoxy groups -OCH3 is 1. The highest BCUT2D eigenvalue weighted by atomic mass is 32.1. The minimum Gasteiger partial charge on any atom is -0.493 e. The molecule has 2 aliphatic heterocycles. The molecule has 1 unspecified atom stereocenters. The van der Waals surface area contributed by atoms with Crippen LogP contribution in [-0.2, 0) is 11.2 Å². The number of rotatable bonds is 3. The van der Waals surface area contributed by atoms with Gasteiger partial charge in [0, 0.05) is 17.9 Å². The van der Waals surface area contributed by atoms with Gasteiger partial charge in [-0.3, -0.25) is 0 Å². The lowest BCUT2D eigenvalue weighted by Gasteiger charge is -2.24. The number of hydrogen-bond donors (Lipinski definition) is 0. The smallest absolute Gasteiger partial charge is 0.348 e. The molecule has 0 saturated heterocycles. The first-order valence-corrected chi connectivity index (χ1v) is 10.7. The van der Waals surface area contributed by atoms with Crippen LogP contribution in [0.15, 0.2) is 29.6 Å². The fraction of sp³-hybridized carbons (Fsp3) is 0.500. The monoisotopic (exact) mass is 386 g/mol. The minimum absolute atomic E-state index is 0.0390. The van der Waals surface area contributed by atoms with Gasteiger partial charge in [-0.05, 0) is 48.8 Å². The second-order valence-electron chi connectivity index (χ2n) is 7.45.